The van der Waals surface area contributed by atoms with Gasteiger partial charge in [0.05, 0.1) is 12.9 Å². The van der Waals surface area contributed by atoms with E-state index in [1.54, 1.807) is 19.3 Å². The van der Waals surface area contributed by atoms with Gasteiger partial charge < -0.3 is 9.15 Å². The van der Waals surface area contributed by atoms with Crippen LogP contribution in [-0.2, 0) is 4.74 Å². The van der Waals surface area contributed by atoms with Crippen LogP contribution in [0.4, 0.5) is 0 Å². The number of furan rings is 1. The molecule has 0 aliphatic carbocycles. The van der Waals surface area contributed by atoms with Gasteiger partial charge in [-0.1, -0.05) is 0 Å². The summed E-state index contributed by atoms with van der Waals surface area (Å²) < 4.78 is 10.1. The molecular formula is C11H11NO3S. The predicted molar refractivity (Wildman–Crippen MR) is 60.5 cm³/mol. The third kappa shape index (κ3) is 1.99. The number of aromatic nitrogens is 1. The second kappa shape index (κ2) is 4.49. The fraction of sp³-hybridized carbons (Fsp3) is 0.273. The maximum absolute atomic E-state index is 11.5. The highest BCUT2D eigenvalue weighted by Crippen LogP contribution is 2.28. The number of aryl methyl sites for hydroxylation is 1. The molecule has 0 aliphatic heterocycles. The molecule has 0 atom stereocenters. The molecule has 84 valence electrons. The standard InChI is InChI=1S/C11H11NO3S/c1-3-14-11(13)9-7(2)16-10(12-9)8-5-4-6-15-8/h4-6H,3H2,1-2H3. The first-order valence-corrected chi connectivity index (χ1v) is 5.72. The van der Waals surface area contributed by atoms with Crippen molar-refractivity contribution in [2.45, 2.75) is 13.8 Å². The molecule has 2 aromatic rings. The van der Waals surface area contributed by atoms with Crippen LogP contribution in [0.25, 0.3) is 10.8 Å². The summed E-state index contributed by atoms with van der Waals surface area (Å²) >= 11 is 1.42. The van der Waals surface area contributed by atoms with Gasteiger partial charge in [0, 0.05) is 4.88 Å². The molecule has 2 heterocycles. The van der Waals surface area contributed by atoms with Crippen molar-refractivity contribution < 1.29 is 13.9 Å². The Bertz CT molecular complexity index is 487. The quantitative estimate of drug-likeness (QED) is 0.770. The van der Waals surface area contributed by atoms with Crippen molar-refractivity contribution in [3.05, 3.63) is 29.0 Å². The van der Waals surface area contributed by atoms with Crippen molar-refractivity contribution in [1.29, 1.82) is 0 Å². The summed E-state index contributed by atoms with van der Waals surface area (Å²) in [5, 5.41) is 0.700. The average Bonchev–Trinajstić information content (AvgIpc) is 2.86. The SMILES string of the molecule is CCOC(=O)c1nc(-c2ccco2)sc1C. The van der Waals surface area contributed by atoms with E-state index in [9.17, 15) is 4.79 Å². The average molecular weight is 237 g/mol. The van der Waals surface area contributed by atoms with Crippen molar-refractivity contribution in [2.75, 3.05) is 6.61 Å². The molecule has 0 N–H and O–H groups in total. The normalized spacial score (nSPS) is 10.4. The maximum atomic E-state index is 11.5. The first-order valence-electron chi connectivity index (χ1n) is 4.90. The van der Waals surface area contributed by atoms with Crippen LogP contribution in [0, 0.1) is 6.92 Å². The highest BCUT2D eigenvalue weighted by Gasteiger charge is 2.18. The summed E-state index contributed by atoms with van der Waals surface area (Å²) in [7, 11) is 0. The van der Waals surface area contributed by atoms with E-state index in [4.69, 9.17) is 9.15 Å². The molecule has 0 aliphatic rings. The van der Waals surface area contributed by atoms with Crippen molar-refractivity contribution in [3.63, 3.8) is 0 Å². The summed E-state index contributed by atoms with van der Waals surface area (Å²) in [5.41, 5.74) is 0.373. The molecule has 2 rings (SSSR count). The highest BCUT2D eigenvalue weighted by atomic mass is 32.1. The topological polar surface area (TPSA) is 52.3 Å². The molecule has 0 amide bonds. The summed E-state index contributed by atoms with van der Waals surface area (Å²) in [4.78, 5) is 16.6. The van der Waals surface area contributed by atoms with Gasteiger partial charge >= 0.3 is 5.97 Å². The Labute approximate surface area is 96.9 Å². The van der Waals surface area contributed by atoms with E-state index in [0.29, 0.717) is 23.1 Å². The van der Waals surface area contributed by atoms with Gasteiger partial charge in [-0.25, -0.2) is 9.78 Å². The third-order valence-electron chi connectivity index (χ3n) is 2.00. The summed E-state index contributed by atoms with van der Waals surface area (Å²) in [5.74, 6) is 0.290. The van der Waals surface area contributed by atoms with Gasteiger partial charge in [0.2, 0.25) is 0 Å². The molecule has 0 bridgehead atoms. The lowest BCUT2D eigenvalue weighted by Crippen LogP contribution is -2.06. The summed E-state index contributed by atoms with van der Waals surface area (Å²) in [6.07, 6.45) is 1.58. The second-order valence-corrected chi connectivity index (χ2v) is 4.32. The Hall–Kier alpha value is -1.62. The molecule has 4 nitrogen and oxygen atoms in total. The van der Waals surface area contributed by atoms with E-state index >= 15 is 0 Å². The van der Waals surface area contributed by atoms with E-state index in [1.807, 2.05) is 13.0 Å². The lowest BCUT2D eigenvalue weighted by molar-refractivity contribution is 0.0519. The highest BCUT2D eigenvalue weighted by molar-refractivity contribution is 7.15. The van der Waals surface area contributed by atoms with Gasteiger partial charge in [-0.3, -0.25) is 0 Å². The molecule has 5 heteroatoms. The number of nitrogens with zero attached hydrogens (tertiary/aromatic N) is 1. The Morgan fingerprint density at radius 3 is 3.06 bits per heavy atom. The van der Waals surface area contributed by atoms with Crippen LogP contribution in [0.3, 0.4) is 0 Å². The van der Waals surface area contributed by atoms with Crippen LogP contribution in [0.2, 0.25) is 0 Å². The van der Waals surface area contributed by atoms with Gasteiger partial charge in [0.15, 0.2) is 16.5 Å². The van der Waals surface area contributed by atoms with Crippen molar-refractivity contribution in [2.24, 2.45) is 0 Å². The molecule has 16 heavy (non-hydrogen) atoms. The number of thiazole rings is 1. The van der Waals surface area contributed by atoms with Crippen molar-refractivity contribution >= 4 is 17.3 Å². The largest absolute Gasteiger partial charge is 0.462 e. The van der Waals surface area contributed by atoms with Gasteiger partial charge in [0.25, 0.3) is 0 Å². The maximum Gasteiger partial charge on any atom is 0.358 e. The van der Waals surface area contributed by atoms with Gasteiger partial charge in [-0.15, -0.1) is 11.3 Å². The van der Waals surface area contributed by atoms with Crippen molar-refractivity contribution in [1.82, 2.24) is 4.98 Å². The van der Waals surface area contributed by atoms with Crippen LogP contribution < -0.4 is 0 Å². The van der Waals surface area contributed by atoms with Gasteiger partial charge in [-0.2, -0.15) is 0 Å². The Morgan fingerprint density at radius 1 is 1.62 bits per heavy atom. The molecule has 0 fully saturated rings. The first-order chi connectivity index (χ1) is 7.72. The predicted octanol–water partition coefficient (Wildman–Crippen LogP) is 2.89. The molecule has 0 unspecified atom stereocenters. The van der Waals surface area contributed by atoms with E-state index in [1.165, 1.54) is 11.3 Å². The van der Waals surface area contributed by atoms with Crippen LogP contribution >= 0.6 is 11.3 Å². The number of ether oxygens (including phenoxy) is 1. The molecule has 0 spiro atoms. The van der Waals surface area contributed by atoms with E-state index in [-0.39, 0.29) is 5.97 Å². The number of hydrogen-bond acceptors (Lipinski definition) is 5. The van der Waals surface area contributed by atoms with Crippen LogP contribution in [-0.4, -0.2) is 17.6 Å². The molecule has 0 saturated carbocycles. The molecule has 0 radical (unpaired) electrons. The van der Waals surface area contributed by atoms with Crippen LogP contribution in [0.15, 0.2) is 22.8 Å². The molecule has 0 aromatic carbocycles. The zero-order chi connectivity index (χ0) is 11.5. The second-order valence-electron chi connectivity index (χ2n) is 3.12. The van der Waals surface area contributed by atoms with Crippen molar-refractivity contribution in [3.8, 4) is 10.8 Å². The smallest absolute Gasteiger partial charge is 0.358 e. The number of hydrogen-bond donors (Lipinski definition) is 0. The minimum atomic E-state index is -0.381. The number of esters is 1. The zero-order valence-electron chi connectivity index (χ0n) is 9.02. The monoisotopic (exact) mass is 237 g/mol. The molecule has 2 aromatic heterocycles. The number of carbonyl (C=O) groups is 1. The zero-order valence-corrected chi connectivity index (χ0v) is 9.84. The summed E-state index contributed by atoms with van der Waals surface area (Å²) in [6.45, 7) is 3.97. The molecular weight excluding hydrogens is 226 g/mol. The fourth-order valence-corrected chi connectivity index (χ4v) is 2.16. The van der Waals surface area contributed by atoms with Crippen LogP contribution in [0.1, 0.15) is 22.3 Å². The number of carbonyl (C=O) groups excluding carboxylic acids is 1. The lowest BCUT2D eigenvalue weighted by atomic mass is 10.4. The van der Waals surface area contributed by atoms with Gasteiger partial charge in [0.1, 0.15) is 0 Å². The Morgan fingerprint density at radius 2 is 2.44 bits per heavy atom. The lowest BCUT2D eigenvalue weighted by Gasteiger charge is -1.97. The van der Waals surface area contributed by atoms with E-state index in [2.05, 4.69) is 4.98 Å². The molecule has 0 saturated heterocycles. The first kappa shape index (κ1) is 10.9. The number of rotatable bonds is 3. The summed E-state index contributed by atoms with van der Waals surface area (Å²) in [6, 6.07) is 3.60. The Kier molecular flexibility index (Phi) is 3.05. The minimum absolute atomic E-state index is 0.353. The van der Waals surface area contributed by atoms with E-state index < -0.39 is 0 Å². The minimum Gasteiger partial charge on any atom is -0.462 e. The van der Waals surface area contributed by atoms with Gasteiger partial charge in [-0.05, 0) is 26.0 Å². The van der Waals surface area contributed by atoms with E-state index in [0.717, 1.165) is 4.88 Å². The van der Waals surface area contributed by atoms with Crippen LogP contribution in [0.5, 0.6) is 0 Å². The third-order valence-corrected chi connectivity index (χ3v) is 2.98. The Balaban J connectivity index is 2.32. The fourth-order valence-electron chi connectivity index (χ4n) is 1.29.